The smallest absolute Gasteiger partial charge is 0.246 e. The number of amides is 1. The lowest BCUT2D eigenvalue weighted by Gasteiger charge is -2.35. The maximum atomic E-state index is 13.4. The fraction of sp³-hybridized carbons (Fsp3) is 0.400. The molecule has 19 heavy (non-hydrogen) atoms. The number of halogens is 1. The van der Waals surface area contributed by atoms with Crippen molar-refractivity contribution in [2.45, 2.75) is 25.9 Å². The fourth-order valence-electron chi connectivity index (χ4n) is 2.38. The van der Waals surface area contributed by atoms with Gasteiger partial charge in [-0.15, -0.1) is 0 Å². The summed E-state index contributed by atoms with van der Waals surface area (Å²) in [5.74, 6) is -0.378. The van der Waals surface area contributed by atoms with Crippen LogP contribution in [0, 0.1) is 5.82 Å². The van der Waals surface area contributed by atoms with Crippen molar-refractivity contribution < 1.29 is 9.18 Å². The Kier molecular flexibility index (Phi) is 4.32. The van der Waals surface area contributed by atoms with Crippen LogP contribution in [0.1, 0.15) is 19.4 Å². The standard InChI is InChI=1S/C15H19FN2O/c1-11-9-18(10-12(2)17-11)15(19)8-7-13-5-3-4-6-14(13)16/h3-8,11-12,17H,9-10H2,1-2H3/b8-7+. The van der Waals surface area contributed by atoms with E-state index < -0.39 is 0 Å². The van der Waals surface area contributed by atoms with Crippen molar-refractivity contribution in [3.8, 4) is 0 Å². The Morgan fingerprint density at radius 2 is 1.95 bits per heavy atom. The molecule has 0 aromatic heterocycles. The van der Waals surface area contributed by atoms with E-state index in [0.29, 0.717) is 18.7 Å². The van der Waals surface area contributed by atoms with E-state index in [1.54, 1.807) is 23.1 Å². The molecule has 2 rings (SSSR count). The van der Waals surface area contributed by atoms with Crippen molar-refractivity contribution in [2.75, 3.05) is 13.1 Å². The van der Waals surface area contributed by atoms with Gasteiger partial charge < -0.3 is 10.2 Å². The summed E-state index contributed by atoms with van der Waals surface area (Å²) in [5, 5.41) is 3.37. The number of nitrogens with zero attached hydrogens (tertiary/aromatic N) is 1. The zero-order chi connectivity index (χ0) is 13.8. The van der Waals surface area contributed by atoms with E-state index in [2.05, 4.69) is 19.2 Å². The van der Waals surface area contributed by atoms with E-state index >= 15 is 0 Å². The summed E-state index contributed by atoms with van der Waals surface area (Å²) in [6, 6.07) is 7.00. The number of nitrogens with one attached hydrogen (secondary N) is 1. The van der Waals surface area contributed by atoms with Crippen LogP contribution in [-0.4, -0.2) is 36.0 Å². The molecule has 1 fully saturated rings. The molecule has 0 spiro atoms. The van der Waals surface area contributed by atoms with Gasteiger partial charge in [0.25, 0.3) is 0 Å². The quantitative estimate of drug-likeness (QED) is 0.827. The molecular weight excluding hydrogens is 243 g/mol. The number of rotatable bonds is 2. The van der Waals surface area contributed by atoms with Crippen LogP contribution in [0.2, 0.25) is 0 Å². The predicted octanol–water partition coefficient (Wildman–Crippen LogP) is 2.05. The van der Waals surface area contributed by atoms with Crippen LogP contribution in [-0.2, 0) is 4.79 Å². The molecule has 1 amide bonds. The largest absolute Gasteiger partial charge is 0.336 e. The Balaban J connectivity index is 2.03. The minimum Gasteiger partial charge on any atom is -0.336 e. The number of carbonyl (C=O) groups excluding carboxylic acids is 1. The number of benzene rings is 1. The summed E-state index contributed by atoms with van der Waals surface area (Å²) in [6.07, 6.45) is 2.98. The summed E-state index contributed by atoms with van der Waals surface area (Å²) in [4.78, 5) is 13.9. The molecule has 1 N–H and O–H groups in total. The molecule has 1 aromatic rings. The topological polar surface area (TPSA) is 32.3 Å². The van der Waals surface area contributed by atoms with E-state index in [1.807, 2.05) is 0 Å². The van der Waals surface area contributed by atoms with E-state index in [1.165, 1.54) is 18.2 Å². The molecule has 1 aliphatic heterocycles. The zero-order valence-electron chi connectivity index (χ0n) is 11.3. The SMILES string of the molecule is CC1CN(C(=O)/C=C/c2ccccc2F)CC(C)N1. The Morgan fingerprint density at radius 3 is 2.58 bits per heavy atom. The van der Waals surface area contributed by atoms with Gasteiger partial charge >= 0.3 is 0 Å². The second-order valence-corrected chi connectivity index (χ2v) is 5.07. The minimum absolute atomic E-state index is 0.0662. The molecule has 2 unspecified atom stereocenters. The number of carbonyl (C=O) groups is 1. The van der Waals surface area contributed by atoms with E-state index in [9.17, 15) is 9.18 Å². The highest BCUT2D eigenvalue weighted by molar-refractivity contribution is 5.91. The van der Waals surface area contributed by atoms with Gasteiger partial charge in [0.2, 0.25) is 5.91 Å². The van der Waals surface area contributed by atoms with Crippen LogP contribution >= 0.6 is 0 Å². The molecule has 1 aromatic carbocycles. The summed E-state index contributed by atoms with van der Waals surface area (Å²) in [7, 11) is 0. The first kappa shape index (κ1) is 13.7. The lowest BCUT2D eigenvalue weighted by Crippen LogP contribution is -2.55. The van der Waals surface area contributed by atoms with Crippen LogP contribution in [0.3, 0.4) is 0 Å². The highest BCUT2D eigenvalue weighted by Gasteiger charge is 2.23. The highest BCUT2D eigenvalue weighted by Crippen LogP contribution is 2.10. The third-order valence-electron chi connectivity index (χ3n) is 3.18. The first-order chi connectivity index (χ1) is 9.06. The number of hydrogen-bond acceptors (Lipinski definition) is 2. The Bertz CT molecular complexity index is 477. The molecule has 0 radical (unpaired) electrons. The van der Waals surface area contributed by atoms with Gasteiger partial charge in [-0.1, -0.05) is 18.2 Å². The molecule has 1 saturated heterocycles. The molecule has 0 aliphatic carbocycles. The van der Waals surface area contributed by atoms with Crippen LogP contribution in [0.4, 0.5) is 4.39 Å². The molecule has 0 saturated carbocycles. The molecule has 3 nitrogen and oxygen atoms in total. The zero-order valence-corrected chi connectivity index (χ0v) is 11.3. The van der Waals surface area contributed by atoms with Gasteiger partial charge in [0.1, 0.15) is 5.82 Å². The third-order valence-corrected chi connectivity index (χ3v) is 3.18. The monoisotopic (exact) mass is 262 g/mol. The number of hydrogen-bond donors (Lipinski definition) is 1. The van der Waals surface area contributed by atoms with E-state index in [0.717, 1.165) is 0 Å². The van der Waals surface area contributed by atoms with Crippen LogP contribution in [0.25, 0.3) is 6.08 Å². The first-order valence-corrected chi connectivity index (χ1v) is 6.54. The Morgan fingerprint density at radius 1 is 1.32 bits per heavy atom. The summed E-state index contributed by atoms with van der Waals surface area (Å²) in [6.45, 7) is 5.47. The highest BCUT2D eigenvalue weighted by atomic mass is 19.1. The van der Waals surface area contributed by atoms with Crippen molar-refractivity contribution in [3.63, 3.8) is 0 Å². The minimum atomic E-state index is -0.311. The van der Waals surface area contributed by atoms with Gasteiger partial charge in [0, 0.05) is 36.8 Å². The maximum Gasteiger partial charge on any atom is 0.246 e. The van der Waals surface area contributed by atoms with Crippen molar-refractivity contribution in [3.05, 3.63) is 41.7 Å². The Hall–Kier alpha value is -1.68. The summed E-state index contributed by atoms with van der Waals surface area (Å²) < 4.78 is 13.4. The molecule has 0 bridgehead atoms. The van der Waals surface area contributed by atoms with Crippen LogP contribution in [0.5, 0.6) is 0 Å². The molecule has 4 heteroatoms. The molecular formula is C15H19FN2O. The summed E-state index contributed by atoms with van der Waals surface area (Å²) >= 11 is 0. The molecule has 2 atom stereocenters. The van der Waals surface area contributed by atoms with Crippen LogP contribution in [0.15, 0.2) is 30.3 Å². The average molecular weight is 262 g/mol. The second kappa shape index (κ2) is 5.97. The lowest BCUT2D eigenvalue weighted by molar-refractivity contribution is -0.127. The Labute approximate surface area is 113 Å². The van der Waals surface area contributed by atoms with Gasteiger partial charge in [0.15, 0.2) is 0 Å². The molecule has 1 heterocycles. The fourth-order valence-corrected chi connectivity index (χ4v) is 2.38. The van der Waals surface area contributed by atoms with Gasteiger partial charge in [-0.2, -0.15) is 0 Å². The van der Waals surface area contributed by atoms with Crippen molar-refractivity contribution in [1.82, 2.24) is 10.2 Å². The molecule has 1 aliphatic rings. The van der Waals surface area contributed by atoms with Gasteiger partial charge in [-0.05, 0) is 26.0 Å². The van der Waals surface area contributed by atoms with Crippen molar-refractivity contribution in [2.24, 2.45) is 0 Å². The summed E-state index contributed by atoms with van der Waals surface area (Å²) in [5.41, 5.74) is 0.437. The number of piperazine rings is 1. The van der Waals surface area contributed by atoms with Gasteiger partial charge in [-0.3, -0.25) is 4.79 Å². The van der Waals surface area contributed by atoms with Crippen LogP contribution < -0.4 is 5.32 Å². The third kappa shape index (κ3) is 3.64. The first-order valence-electron chi connectivity index (χ1n) is 6.54. The van der Waals surface area contributed by atoms with Crippen molar-refractivity contribution >= 4 is 12.0 Å². The van der Waals surface area contributed by atoms with Gasteiger partial charge in [-0.25, -0.2) is 4.39 Å². The van der Waals surface area contributed by atoms with E-state index in [4.69, 9.17) is 0 Å². The normalized spacial score (nSPS) is 23.8. The second-order valence-electron chi connectivity index (χ2n) is 5.07. The van der Waals surface area contributed by atoms with Crippen molar-refractivity contribution in [1.29, 1.82) is 0 Å². The van der Waals surface area contributed by atoms with E-state index in [-0.39, 0.29) is 23.8 Å². The maximum absolute atomic E-state index is 13.4. The average Bonchev–Trinajstić information content (AvgIpc) is 2.36. The lowest BCUT2D eigenvalue weighted by atomic mass is 10.1. The predicted molar refractivity (Wildman–Crippen MR) is 74.1 cm³/mol. The van der Waals surface area contributed by atoms with Gasteiger partial charge in [0.05, 0.1) is 0 Å². The molecule has 102 valence electrons.